The van der Waals surface area contributed by atoms with E-state index in [1.807, 2.05) is 6.92 Å². The molecule has 1 unspecified atom stereocenters. The molecule has 0 aromatic carbocycles. The molecule has 2 aromatic rings. The molecule has 5 heteroatoms. The van der Waals surface area contributed by atoms with E-state index in [2.05, 4.69) is 45.3 Å². The maximum atomic E-state index is 4.66. The predicted octanol–water partition coefficient (Wildman–Crippen LogP) is 3.92. The van der Waals surface area contributed by atoms with Crippen LogP contribution < -0.4 is 5.32 Å². The van der Waals surface area contributed by atoms with Crippen LogP contribution in [0.4, 0.5) is 5.95 Å². The molecule has 20 heavy (non-hydrogen) atoms. The Morgan fingerprint density at radius 3 is 2.65 bits per heavy atom. The molecule has 2 aromatic heterocycles. The molecular formula is C15H22N4S. The summed E-state index contributed by atoms with van der Waals surface area (Å²) in [7, 11) is 0. The van der Waals surface area contributed by atoms with E-state index in [-0.39, 0.29) is 6.04 Å². The second kappa shape index (κ2) is 5.56. The monoisotopic (exact) mass is 290 g/mol. The number of hydrogen-bond acceptors (Lipinski definition) is 4. The third-order valence-corrected chi connectivity index (χ3v) is 5.09. The molecule has 1 aliphatic rings. The first-order chi connectivity index (χ1) is 9.63. The van der Waals surface area contributed by atoms with Crippen molar-refractivity contribution in [2.24, 2.45) is 0 Å². The van der Waals surface area contributed by atoms with Gasteiger partial charge in [-0.1, -0.05) is 12.8 Å². The van der Waals surface area contributed by atoms with Crippen LogP contribution in [0.5, 0.6) is 0 Å². The first kappa shape index (κ1) is 13.6. The minimum atomic E-state index is 0.235. The van der Waals surface area contributed by atoms with Crippen LogP contribution in [-0.4, -0.2) is 20.6 Å². The molecule has 0 amide bonds. The molecule has 108 valence electrons. The van der Waals surface area contributed by atoms with E-state index in [1.165, 1.54) is 25.7 Å². The quantitative estimate of drug-likeness (QED) is 0.928. The zero-order chi connectivity index (χ0) is 14.1. The van der Waals surface area contributed by atoms with Crippen LogP contribution in [0.3, 0.4) is 0 Å². The standard InChI is InChI=1S/C15H22N4S/c1-10-8-19(12(3)14-16-11(2)9-20-14)15(17-10)18-13-6-4-5-7-13/h8-9,12-13H,4-7H2,1-3H3,(H,17,18). The van der Waals surface area contributed by atoms with Gasteiger partial charge in [0.1, 0.15) is 5.01 Å². The van der Waals surface area contributed by atoms with Gasteiger partial charge in [0.15, 0.2) is 0 Å². The van der Waals surface area contributed by atoms with E-state index in [1.54, 1.807) is 11.3 Å². The first-order valence-corrected chi connectivity index (χ1v) is 8.25. The lowest BCUT2D eigenvalue weighted by Gasteiger charge is -2.18. The molecule has 0 bridgehead atoms. The number of aromatic nitrogens is 3. The SMILES string of the molecule is Cc1csc(C(C)n2cc(C)nc2NC2CCCC2)n1. The molecule has 2 heterocycles. The molecule has 1 N–H and O–H groups in total. The molecule has 1 aliphatic carbocycles. The Bertz CT molecular complexity index is 580. The smallest absolute Gasteiger partial charge is 0.203 e. The topological polar surface area (TPSA) is 42.7 Å². The van der Waals surface area contributed by atoms with Crippen molar-refractivity contribution in [2.75, 3.05) is 5.32 Å². The highest BCUT2D eigenvalue weighted by Crippen LogP contribution is 2.28. The van der Waals surface area contributed by atoms with Gasteiger partial charge in [0, 0.05) is 23.3 Å². The third kappa shape index (κ3) is 2.73. The highest BCUT2D eigenvalue weighted by Gasteiger charge is 2.20. The molecule has 4 nitrogen and oxygen atoms in total. The molecule has 1 fully saturated rings. The minimum Gasteiger partial charge on any atom is -0.353 e. The zero-order valence-corrected chi connectivity index (χ0v) is 13.2. The summed E-state index contributed by atoms with van der Waals surface area (Å²) in [6.07, 6.45) is 7.31. The minimum absolute atomic E-state index is 0.235. The fourth-order valence-electron chi connectivity index (χ4n) is 2.85. The van der Waals surface area contributed by atoms with E-state index >= 15 is 0 Å². The molecule has 0 spiro atoms. The van der Waals surface area contributed by atoms with Crippen LogP contribution in [0.25, 0.3) is 0 Å². The Morgan fingerprint density at radius 2 is 2.00 bits per heavy atom. The van der Waals surface area contributed by atoms with Gasteiger partial charge in [0.25, 0.3) is 0 Å². The summed E-state index contributed by atoms with van der Waals surface area (Å²) in [4.78, 5) is 9.27. The van der Waals surface area contributed by atoms with Crippen LogP contribution in [0, 0.1) is 13.8 Å². The van der Waals surface area contributed by atoms with Crippen molar-refractivity contribution in [3.05, 3.63) is 28.0 Å². The summed E-state index contributed by atoms with van der Waals surface area (Å²) in [5.41, 5.74) is 2.16. The number of nitrogens with zero attached hydrogens (tertiary/aromatic N) is 3. The average Bonchev–Trinajstić information content (AvgIpc) is 3.11. The van der Waals surface area contributed by atoms with E-state index in [0.29, 0.717) is 6.04 Å². The van der Waals surface area contributed by atoms with Crippen LogP contribution in [0.15, 0.2) is 11.6 Å². The zero-order valence-electron chi connectivity index (χ0n) is 12.4. The Hall–Kier alpha value is -1.36. The normalized spacial score (nSPS) is 17.6. The van der Waals surface area contributed by atoms with Gasteiger partial charge in [-0.25, -0.2) is 9.97 Å². The van der Waals surface area contributed by atoms with Gasteiger partial charge >= 0.3 is 0 Å². The lowest BCUT2D eigenvalue weighted by atomic mass is 10.2. The van der Waals surface area contributed by atoms with Crippen molar-refractivity contribution >= 4 is 17.3 Å². The van der Waals surface area contributed by atoms with Crippen molar-refractivity contribution < 1.29 is 0 Å². The molecule has 3 rings (SSSR count). The summed E-state index contributed by atoms with van der Waals surface area (Å²) >= 11 is 1.73. The summed E-state index contributed by atoms with van der Waals surface area (Å²) in [5.74, 6) is 0.995. The van der Waals surface area contributed by atoms with Gasteiger partial charge < -0.3 is 9.88 Å². The first-order valence-electron chi connectivity index (χ1n) is 7.37. The summed E-state index contributed by atoms with van der Waals surface area (Å²) in [5, 5.41) is 6.87. The molecule has 1 saturated carbocycles. The van der Waals surface area contributed by atoms with Crippen molar-refractivity contribution in [3.8, 4) is 0 Å². The van der Waals surface area contributed by atoms with E-state index < -0.39 is 0 Å². The van der Waals surface area contributed by atoms with Gasteiger partial charge in [-0.2, -0.15) is 0 Å². The maximum absolute atomic E-state index is 4.66. The third-order valence-electron chi connectivity index (χ3n) is 3.95. The Balaban J connectivity index is 1.84. The fraction of sp³-hybridized carbons (Fsp3) is 0.600. The molecule has 1 atom stereocenters. The molecule has 0 saturated heterocycles. The molecular weight excluding hydrogens is 268 g/mol. The number of thiazole rings is 1. The van der Waals surface area contributed by atoms with Crippen molar-refractivity contribution in [3.63, 3.8) is 0 Å². The number of imidazole rings is 1. The number of rotatable bonds is 4. The van der Waals surface area contributed by atoms with Crippen LogP contribution >= 0.6 is 11.3 Å². The van der Waals surface area contributed by atoms with Crippen LogP contribution in [0.2, 0.25) is 0 Å². The molecule has 0 radical (unpaired) electrons. The van der Waals surface area contributed by atoms with Gasteiger partial charge in [-0.15, -0.1) is 11.3 Å². The number of anilines is 1. The van der Waals surface area contributed by atoms with Gasteiger partial charge in [-0.05, 0) is 33.6 Å². The number of hydrogen-bond donors (Lipinski definition) is 1. The number of aryl methyl sites for hydroxylation is 2. The second-order valence-corrected chi connectivity index (χ2v) is 6.63. The van der Waals surface area contributed by atoms with Crippen molar-refractivity contribution in [1.29, 1.82) is 0 Å². The van der Waals surface area contributed by atoms with Crippen molar-refractivity contribution in [1.82, 2.24) is 14.5 Å². The van der Waals surface area contributed by atoms with E-state index in [9.17, 15) is 0 Å². The van der Waals surface area contributed by atoms with Crippen molar-refractivity contribution in [2.45, 2.75) is 58.5 Å². The lowest BCUT2D eigenvalue weighted by molar-refractivity contribution is 0.625. The average molecular weight is 290 g/mol. The van der Waals surface area contributed by atoms with Gasteiger partial charge in [0.05, 0.1) is 11.7 Å². The summed E-state index contributed by atoms with van der Waals surface area (Å²) in [6.45, 7) is 6.29. The number of nitrogens with one attached hydrogen (secondary N) is 1. The Kier molecular flexibility index (Phi) is 3.78. The van der Waals surface area contributed by atoms with Gasteiger partial charge in [0.2, 0.25) is 5.95 Å². The predicted molar refractivity (Wildman–Crippen MR) is 83.5 cm³/mol. The maximum Gasteiger partial charge on any atom is 0.203 e. The largest absolute Gasteiger partial charge is 0.353 e. The summed E-state index contributed by atoms with van der Waals surface area (Å²) < 4.78 is 2.23. The fourth-order valence-corrected chi connectivity index (χ4v) is 3.71. The lowest BCUT2D eigenvalue weighted by Crippen LogP contribution is -2.19. The Labute approximate surface area is 124 Å². The highest BCUT2D eigenvalue weighted by molar-refractivity contribution is 7.09. The highest BCUT2D eigenvalue weighted by atomic mass is 32.1. The molecule has 0 aliphatic heterocycles. The van der Waals surface area contributed by atoms with E-state index in [4.69, 9.17) is 0 Å². The summed E-state index contributed by atoms with van der Waals surface area (Å²) in [6, 6.07) is 0.819. The Morgan fingerprint density at radius 1 is 1.25 bits per heavy atom. The second-order valence-electron chi connectivity index (χ2n) is 5.74. The van der Waals surface area contributed by atoms with E-state index in [0.717, 1.165) is 22.3 Å². The van der Waals surface area contributed by atoms with Gasteiger partial charge in [-0.3, -0.25) is 0 Å². The van der Waals surface area contributed by atoms with Crippen LogP contribution in [-0.2, 0) is 0 Å². The van der Waals surface area contributed by atoms with Crippen LogP contribution in [0.1, 0.15) is 55.0 Å².